The molecule has 0 aliphatic heterocycles. The van der Waals surface area contributed by atoms with E-state index < -0.39 is 0 Å². The minimum absolute atomic E-state index is 0.186. The Labute approximate surface area is 125 Å². The summed E-state index contributed by atoms with van der Waals surface area (Å²) < 4.78 is 10.9. The lowest BCUT2D eigenvalue weighted by Gasteiger charge is -2.10. The third-order valence-corrected chi connectivity index (χ3v) is 3.27. The molecule has 0 aliphatic rings. The van der Waals surface area contributed by atoms with Gasteiger partial charge in [0.2, 0.25) is 11.7 Å². The van der Waals surface area contributed by atoms with Crippen LogP contribution in [0, 0.1) is 0 Å². The molecule has 0 fully saturated rings. The van der Waals surface area contributed by atoms with Gasteiger partial charge in [-0.25, -0.2) is 0 Å². The second kappa shape index (κ2) is 7.22. The maximum Gasteiger partial charge on any atom is 0.229 e. The average molecular weight is 289 g/mol. The Bertz CT molecular complexity index is 566. The normalized spacial score (nSPS) is 12.6. The quantitative estimate of drug-likeness (QED) is 0.848. The summed E-state index contributed by atoms with van der Waals surface area (Å²) in [4.78, 5) is 4.29. The molecule has 1 aromatic heterocycles. The van der Waals surface area contributed by atoms with Gasteiger partial charge in [-0.3, -0.25) is 0 Å². The molecule has 0 saturated heterocycles. The van der Waals surface area contributed by atoms with E-state index in [9.17, 15) is 0 Å². The molecule has 1 unspecified atom stereocenters. The van der Waals surface area contributed by atoms with E-state index in [0.29, 0.717) is 18.3 Å². The summed E-state index contributed by atoms with van der Waals surface area (Å²) in [5.41, 5.74) is 7.16. The second-order valence-electron chi connectivity index (χ2n) is 5.51. The Morgan fingerprint density at radius 1 is 1.33 bits per heavy atom. The van der Waals surface area contributed by atoms with Gasteiger partial charge in [0.1, 0.15) is 5.75 Å². The maximum absolute atomic E-state index is 5.98. The van der Waals surface area contributed by atoms with Crippen molar-refractivity contribution in [2.24, 2.45) is 5.73 Å². The van der Waals surface area contributed by atoms with Gasteiger partial charge in [-0.2, -0.15) is 4.98 Å². The first-order valence-electron chi connectivity index (χ1n) is 7.38. The molecular formula is C16H23N3O2. The van der Waals surface area contributed by atoms with Crippen LogP contribution in [0.25, 0.3) is 0 Å². The van der Waals surface area contributed by atoms with Crippen molar-refractivity contribution in [3.8, 4) is 5.75 Å². The Morgan fingerprint density at radius 3 is 2.81 bits per heavy atom. The van der Waals surface area contributed by atoms with E-state index in [-0.39, 0.29) is 12.0 Å². The second-order valence-corrected chi connectivity index (χ2v) is 5.51. The molecule has 5 heteroatoms. The van der Waals surface area contributed by atoms with Gasteiger partial charge in [0.15, 0.2) is 6.61 Å². The van der Waals surface area contributed by atoms with Gasteiger partial charge in [-0.05, 0) is 30.5 Å². The highest BCUT2D eigenvalue weighted by Crippen LogP contribution is 2.17. The van der Waals surface area contributed by atoms with E-state index in [1.165, 1.54) is 5.56 Å². The van der Waals surface area contributed by atoms with Gasteiger partial charge >= 0.3 is 0 Å². The summed E-state index contributed by atoms with van der Waals surface area (Å²) in [5, 5.41) is 3.91. The van der Waals surface area contributed by atoms with Crippen molar-refractivity contribution < 1.29 is 9.26 Å². The van der Waals surface area contributed by atoms with Gasteiger partial charge in [0.25, 0.3) is 0 Å². The topological polar surface area (TPSA) is 74.2 Å². The van der Waals surface area contributed by atoms with Crippen LogP contribution in [0.15, 0.2) is 28.8 Å². The fourth-order valence-corrected chi connectivity index (χ4v) is 1.92. The van der Waals surface area contributed by atoms with Crippen LogP contribution in [0.1, 0.15) is 50.4 Å². The molecule has 0 radical (unpaired) electrons. The third kappa shape index (κ3) is 4.56. The Morgan fingerprint density at radius 2 is 2.14 bits per heavy atom. The lowest BCUT2D eigenvalue weighted by Crippen LogP contribution is -2.21. The minimum atomic E-state index is 0.186. The number of rotatable bonds is 7. The highest BCUT2D eigenvalue weighted by Gasteiger charge is 2.10. The number of hydrogen-bond donors (Lipinski definition) is 1. The first-order chi connectivity index (χ1) is 10.1. The number of nitrogens with two attached hydrogens (primary N) is 1. The van der Waals surface area contributed by atoms with Crippen LogP contribution in [-0.2, 0) is 13.0 Å². The highest BCUT2D eigenvalue weighted by atomic mass is 16.5. The van der Waals surface area contributed by atoms with Crippen LogP contribution in [-0.4, -0.2) is 16.2 Å². The van der Waals surface area contributed by atoms with Gasteiger partial charge < -0.3 is 15.0 Å². The smallest absolute Gasteiger partial charge is 0.229 e. The van der Waals surface area contributed by atoms with Crippen LogP contribution >= 0.6 is 0 Å². The van der Waals surface area contributed by atoms with E-state index in [1.807, 2.05) is 32.0 Å². The molecule has 5 nitrogen and oxygen atoms in total. The van der Waals surface area contributed by atoms with Gasteiger partial charge in [0.05, 0.1) is 0 Å². The van der Waals surface area contributed by atoms with Crippen LogP contribution in [0.2, 0.25) is 0 Å². The van der Waals surface area contributed by atoms with Crippen LogP contribution in [0.4, 0.5) is 0 Å². The predicted octanol–water partition coefficient (Wildman–Crippen LogP) is 3.05. The van der Waals surface area contributed by atoms with E-state index >= 15 is 0 Å². The molecule has 2 N–H and O–H groups in total. The first kappa shape index (κ1) is 15.5. The maximum atomic E-state index is 5.98. The Hall–Kier alpha value is -1.88. The first-order valence-corrected chi connectivity index (χ1v) is 7.38. The molecule has 0 aliphatic carbocycles. The zero-order valence-corrected chi connectivity index (χ0v) is 12.9. The zero-order valence-electron chi connectivity index (χ0n) is 12.9. The molecule has 2 aromatic rings. The van der Waals surface area contributed by atoms with Crippen LogP contribution < -0.4 is 10.5 Å². The fraction of sp³-hybridized carbons (Fsp3) is 0.500. The summed E-state index contributed by atoms with van der Waals surface area (Å²) in [6, 6.07) is 8.16. The Kier molecular flexibility index (Phi) is 5.33. The number of benzene rings is 1. The number of aromatic nitrogens is 2. The van der Waals surface area contributed by atoms with E-state index in [2.05, 4.69) is 23.1 Å². The predicted molar refractivity (Wildman–Crippen MR) is 81.1 cm³/mol. The molecule has 21 heavy (non-hydrogen) atoms. The van der Waals surface area contributed by atoms with Crippen molar-refractivity contribution in [3.63, 3.8) is 0 Å². The fourth-order valence-electron chi connectivity index (χ4n) is 1.92. The van der Waals surface area contributed by atoms with Crippen LogP contribution in [0.5, 0.6) is 5.75 Å². The van der Waals surface area contributed by atoms with Crippen molar-refractivity contribution in [1.82, 2.24) is 10.1 Å². The van der Waals surface area contributed by atoms with Crippen molar-refractivity contribution in [3.05, 3.63) is 41.5 Å². The molecule has 114 valence electrons. The largest absolute Gasteiger partial charge is 0.485 e. The molecule has 0 saturated carbocycles. The number of hydrogen-bond acceptors (Lipinski definition) is 5. The lowest BCUT2D eigenvalue weighted by molar-refractivity contribution is 0.284. The summed E-state index contributed by atoms with van der Waals surface area (Å²) in [7, 11) is 0. The van der Waals surface area contributed by atoms with Crippen molar-refractivity contribution in [1.29, 1.82) is 0 Å². The summed E-state index contributed by atoms with van der Waals surface area (Å²) >= 11 is 0. The van der Waals surface area contributed by atoms with Gasteiger partial charge in [-0.1, -0.05) is 38.1 Å². The summed E-state index contributed by atoms with van der Waals surface area (Å²) in [6.45, 7) is 6.42. The Balaban J connectivity index is 1.94. The van der Waals surface area contributed by atoms with Gasteiger partial charge in [-0.15, -0.1) is 0 Å². The molecular weight excluding hydrogens is 266 g/mol. The average Bonchev–Trinajstić information content (AvgIpc) is 2.94. The lowest BCUT2D eigenvalue weighted by atomic mass is 10.0. The monoisotopic (exact) mass is 289 g/mol. The molecule has 1 aromatic carbocycles. The highest BCUT2D eigenvalue weighted by molar-refractivity contribution is 5.29. The SMILES string of the molecule is CCC(N)Cc1cccc(OCc2noc(C(C)C)n2)c1. The van der Waals surface area contributed by atoms with Gasteiger partial charge in [0, 0.05) is 12.0 Å². The molecule has 0 amide bonds. The summed E-state index contributed by atoms with van der Waals surface area (Å²) in [6.07, 6.45) is 1.82. The minimum Gasteiger partial charge on any atom is -0.485 e. The van der Waals surface area contributed by atoms with E-state index in [4.69, 9.17) is 15.0 Å². The third-order valence-electron chi connectivity index (χ3n) is 3.27. The number of nitrogens with zero attached hydrogens (tertiary/aromatic N) is 2. The molecule has 0 spiro atoms. The zero-order chi connectivity index (χ0) is 15.2. The van der Waals surface area contributed by atoms with Crippen molar-refractivity contribution in [2.45, 2.75) is 52.2 Å². The van der Waals surface area contributed by atoms with Crippen molar-refractivity contribution in [2.75, 3.05) is 0 Å². The molecule has 0 bridgehead atoms. The van der Waals surface area contributed by atoms with Crippen molar-refractivity contribution >= 4 is 0 Å². The molecule has 1 atom stereocenters. The van der Waals surface area contributed by atoms with Crippen LogP contribution in [0.3, 0.4) is 0 Å². The van der Waals surface area contributed by atoms with E-state index in [1.54, 1.807) is 0 Å². The molecule has 1 heterocycles. The molecule has 2 rings (SSSR count). The standard InChI is InChI=1S/C16H23N3O2/c1-4-13(17)8-12-6-5-7-14(9-12)20-10-15-18-16(11(2)3)21-19-15/h5-7,9,11,13H,4,8,10,17H2,1-3H3. The van der Waals surface area contributed by atoms with E-state index in [0.717, 1.165) is 18.6 Å². The summed E-state index contributed by atoms with van der Waals surface area (Å²) in [5.74, 6) is 2.22. The number of ether oxygens (including phenoxy) is 1.